The van der Waals surface area contributed by atoms with Gasteiger partial charge in [-0.3, -0.25) is 9.59 Å². The number of fused-ring (bicyclic) bond motifs is 1. The van der Waals surface area contributed by atoms with Gasteiger partial charge in [0.25, 0.3) is 0 Å². The molecule has 148 valence electrons. The molecular weight excluding hydrogens is 390 g/mol. The maximum absolute atomic E-state index is 13.1. The van der Waals surface area contributed by atoms with Gasteiger partial charge in [0.1, 0.15) is 12.2 Å². The number of carbonyl (C=O) groups is 2. The Labute approximate surface area is 164 Å². The lowest BCUT2D eigenvalue weighted by atomic mass is 9.97. The van der Waals surface area contributed by atoms with E-state index >= 15 is 0 Å². The highest BCUT2D eigenvalue weighted by molar-refractivity contribution is 7.88. The van der Waals surface area contributed by atoms with Crippen LogP contribution in [-0.4, -0.2) is 71.9 Å². The Bertz CT molecular complexity index is 841. The summed E-state index contributed by atoms with van der Waals surface area (Å²) in [6.07, 6.45) is 0.874. The number of hydrogen-bond acceptors (Lipinski definition) is 4. The van der Waals surface area contributed by atoms with Crippen molar-refractivity contribution in [1.82, 2.24) is 14.1 Å². The molecule has 0 saturated carbocycles. The normalized spacial score (nSPS) is 24.5. The number of hydrogen-bond donors (Lipinski definition) is 0. The van der Waals surface area contributed by atoms with Crippen molar-refractivity contribution in [2.75, 3.05) is 19.3 Å². The number of halogens is 1. The van der Waals surface area contributed by atoms with E-state index in [1.807, 2.05) is 26.0 Å². The largest absolute Gasteiger partial charge is 0.335 e. The van der Waals surface area contributed by atoms with Crippen molar-refractivity contribution in [3.63, 3.8) is 0 Å². The second-order valence-electron chi connectivity index (χ2n) is 7.34. The number of amides is 2. The van der Waals surface area contributed by atoms with Crippen molar-refractivity contribution < 1.29 is 18.0 Å². The molecule has 7 nitrogen and oxygen atoms in total. The summed E-state index contributed by atoms with van der Waals surface area (Å²) in [5.74, 6) is -0.337. The van der Waals surface area contributed by atoms with Crippen LogP contribution < -0.4 is 0 Å². The van der Waals surface area contributed by atoms with Crippen LogP contribution in [0.2, 0.25) is 5.02 Å². The molecule has 2 heterocycles. The van der Waals surface area contributed by atoms with Crippen LogP contribution in [0.1, 0.15) is 25.8 Å². The average Bonchev–Trinajstić information content (AvgIpc) is 2.57. The van der Waals surface area contributed by atoms with Gasteiger partial charge in [-0.15, -0.1) is 0 Å². The van der Waals surface area contributed by atoms with Crippen molar-refractivity contribution in [1.29, 1.82) is 0 Å². The highest BCUT2D eigenvalue weighted by Crippen LogP contribution is 2.30. The first kappa shape index (κ1) is 20.1. The van der Waals surface area contributed by atoms with E-state index in [1.54, 1.807) is 17.0 Å². The summed E-state index contributed by atoms with van der Waals surface area (Å²) in [7, 11) is -3.50. The lowest BCUT2D eigenvalue weighted by Gasteiger charge is -2.52. The van der Waals surface area contributed by atoms with Gasteiger partial charge < -0.3 is 9.80 Å². The number of carbonyl (C=O) groups excluding carboxylic acids is 2. The van der Waals surface area contributed by atoms with Gasteiger partial charge in [-0.1, -0.05) is 23.7 Å². The maximum Gasteiger partial charge on any atom is 0.246 e. The van der Waals surface area contributed by atoms with Crippen LogP contribution in [-0.2, 0) is 26.0 Å². The van der Waals surface area contributed by atoms with E-state index in [4.69, 9.17) is 11.6 Å². The van der Waals surface area contributed by atoms with Gasteiger partial charge in [-0.2, -0.15) is 4.31 Å². The zero-order valence-electron chi connectivity index (χ0n) is 15.6. The maximum atomic E-state index is 13.1. The molecule has 0 aromatic heterocycles. The first-order valence-electron chi connectivity index (χ1n) is 8.92. The predicted molar refractivity (Wildman–Crippen MR) is 103 cm³/mol. The predicted octanol–water partition coefficient (Wildman–Crippen LogP) is 1.32. The zero-order chi connectivity index (χ0) is 19.9. The third kappa shape index (κ3) is 3.97. The van der Waals surface area contributed by atoms with Gasteiger partial charge in [-0.05, 0) is 31.5 Å². The van der Waals surface area contributed by atoms with Crippen molar-refractivity contribution in [3.8, 4) is 0 Å². The van der Waals surface area contributed by atoms with E-state index in [1.165, 1.54) is 9.21 Å². The van der Waals surface area contributed by atoms with Gasteiger partial charge in [0.05, 0.1) is 12.8 Å². The molecule has 27 heavy (non-hydrogen) atoms. The third-order valence-corrected chi connectivity index (χ3v) is 6.67. The quantitative estimate of drug-likeness (QED) is 0.745. The highest BCUT2D eigenvalue weighted by atomic mass is 35.5. The third-order valence-electron chi connectivity index (χ3n) is 5.14. The van der Waals surface area contributed by atoms with Gasteiger partial charge in [0.15, 0.2) is 0 Å². The van der Waals surface area contributed by atoms with Gasteiger partial charge >= 0.3 is 0 Å². The zero-order valence-corrected chi connectivity index (χ0v) is 17.2. The molecule has 2 unspecified atom stereocenters. The fourth-order valence-electron chi connectivity index (χ4n) is 3.81. The number of rotatable bonds is 4. The second kappa shape index (κ2) is 7.41. The van der Waals surface area contributed by atoms with E-state index < -0.39 is 22.2 Å². The molecule has 0 N–H and O–H groups in total. The smallest absolute Gasteiger partial charge is 0.246 e. The van der Waals surface area contributed by atoms with E-state index in [2.05, 4.69) is 0 Å². The minimum Gasteiger partial charge on any atom is -0.335 e. The summed E-state index contributed by atoms with van der Waals surface area (Å²) in [5, 5.41) is 0.590. The Morgan fingerprint density at radius 3 is 2.37 bits per heavy atom. The monoisotopic (exact) mass is 413 g/mol. The van der Waals surface area contributed by atoms with Crippen LogP contribution >= 0.6 is 11.6 Å². The summed E-state index contributed by atoms with van der Waals surface area (Å²) in [5.41, 5.74) is 0.867. The van der Waals surface area contributed by atoms with Crippen LogP contribution in [0.25, 0.3) is 0 Å². The van der Waals surface area contributed by atoms with E-state index in [0.29, 0.717) is 11.4 Å². The summed E-state index contributed by atoms with van der Waals surface area (Å²) < 4.78 is 25.9. The minimum atomic E-state index is -3.50. The first-order chi connectivity index (χ1) is 12.6. The van der Waals surface area contributed by atoms with Crippen LogP contribution in [0.15, 0.2) is 24.3 Å². The Morgan fingerprint density at radius 2 is 1.81 bits per heavy atom. The molecule has 0 bridgehead atoms. The number of sulfonamides is 1. The molecule has 1 aromatic rings. The Hall–Kier alpha value is -1.64. The van der Waals surface area contributed by atoms with Crippen molar-refractivity contribution >= 4 is 33.4 Å². The lowest BCUT2D eigenvalue weighted by Crippen LogP contribution is -2.72. The standard InChI is InChI=1S/C18H24ClN3O4S/c1-12(2)20-11-16-21(27(3,25)26)9-8-17(23)22(16)15(18(20)24)10-13-4-6-14(19)7-5-13/h4-7,12,15-16H,8-11H2,1-3H3. The van der Waals surface area contributed by atoms with E-state index in [0.717, 1.165) is 11.8 Å². The molecule has 3 rings (SSSR count). The summed E-state index contributed by atoms with van der Waals surface area (Å²) in [4.78, 5) is 29.0. The molecule has 2 aliphatic rings. The number of benzene rings is 1. The van der Waals surface area contributed by atoms with Crippen molar-refractivity contribution in [2.45, 2.75) is 44.9 Å². The molecule has 2 atom stereocenters. The number of piperazine rings is 1. The Kier molecular flexibility index (Phi) is 5.52. The molecule has 9 heteroatoms. The summed E-state index contributed by atoms with van der Waals surface area (Å²) in [6.45, 7) is 4.11. The fourth-order valence-corrected chi connectivity index (χ4v) is 4.97. The number of nitrogens with zero attached hydrogens (tertiary/aromatic N) is 3. The molecule has 0 spiro atoms. The van der Waals surface area contributed by atoms with E-state index in [-0.39, 0.29) is 37.4 Å². The van der Waals surface area contributed by atoms with Gasteiger partial charge in [0.2, 0.25) is 21.8 Å². The van der Waals surface area contributed by atoms with Gasteiger partial charge in [0, 0.05) is 30.5 Å². The summed E-state index contributed by atoms with van der Waals surface area (Å²) in [6, 6.07) is 6.30. The minimum absolute atomic E-state index is 0.0790. The summed E-state index contributed by atoms with van der Waals surface area (Å²) >= 11 is 5.94. The van der Waals surface area contributed by atoms with Gasteiger partial charge in [-0.25, -0.2) is 8.42 Å². The van der Waals surface area contributed by atoms with Crippen molar-refractivity contribution in [3.05, 3.63) is 34.9 Å². The van der Waals surface area contributed by atoms with Crippen LogP contribution in [0.4, 0.5) is 0 Å². The molecule has 2 saturated heterocycles. The molecule has 1 aromatic carbocycles. The lowest BCUT2D eigenvalue weighted by molar-refractivity contribution is -0.166. The molecule has 0 aliphatic carbocycles. The van der Waals surface area contributed by atoms with E-state index in [9.17, 15) is 18.0 Å². The second-order valence-corrected chi connectivity index (χ2v) is 9.71. The SMILES string of the molecule is CC(C)N1CC2N(C(=O)CCN2S(C)(=O)=O)C(Cc2ccc(Cl)cc2)C1=O. The highest BCUT2D eigenvalue weighted by Gasteiger charge is 2.50. The average molecular weight is 414 g/mol. The topological polar surface area (TPSA) is 78.0 Å². The Balaban J connectivity index is 2.00. The Morgan fingerprint density at radius 1 is 1.19 bits per heavy atom. The molecule has 2 aliphatic heterocycles. The molecule has 2 fully saturated rings. The fraction of sp³-hybridized carbons (Fsp3) is 0.556. The first-order valence-corrected chi connectivity index (χ1v) is 11.1. The van der Waals surface area contributed by atoms with Crippen molar-refractivity contribution in [2.24, 2.45) is 0 Å². The van der Waals surface area contributed by atoms with Crippen LogP contribution in [0.3, 0.4) is 0 Å². The van der Waals surface area contributed by atoms with Crippen LogP contribution in [0, 0.1) is 0 Å². The molecule has 0 radical (unpaired) electrons. The van der Waals surface area contributed by atoms with Crippen LogP contribution in [0.5, 0.6) is 0 Å². The molecular formula is C18H24ClN3O4S. The molecule has 2 amide bonds.